The van der Waals surface area contributed by atoms with Crippen LogP contribution in [0.4, 0.5) is 0 Å². The molecule has 0 radical (unpaired) electrons. The van der Waals surface area contributed by atoms with Gasteiger partial charge >= 0.3 is 0 Å². The monoisotopic (exact) mass is 376 g/mol. The molecule has 1 aromatic carbocycles. The molecule has 1 N–H and O–H groups in total. The minimum atomic E-state index is 0.103. The first kappa shape index (κ1) is 18.4. The van der Waals surface area contributed by atoms with Crippen molar-refractivity contribution >= 4 is 29.4 Å². The Morgan fingerprint density at radius 3 is 2.72 bits per heavy atom. The molecule has 4 nitrogen and oxygen atoms in total. The Hall–Kier alpha value is -1.37. The van der Waals surface area contributed by atoms with E-state index in [0.717, 1.165) is 36.1 Å². The Morgan fingerprint density at radius 2 is 2.00 bits per heavy atom. The number of amides is 1. The fourth-order valence-corrected chi connectivity index (χ4v) is 4.66. The van der Waals surface area contributed by atoms with E-state index in [0.29, 0.717) is 13.0 Å². The van der Waals surface area contributed by atoms with Gasteiger partial charge in [-0.2, -0.15) is 11.8 Å². The van der Waals surface area contributed by atoms with E-state index < -0.39 is 0 Å². The normalized spacial score (nSPS) is 16.5. The molecule has 1 aliphatic rings. The Balaban J connectivity index is 1.46. The van der Waals surface area contributed by atoms with Crippen LogP contribution in [0.5, 0.6) is 0 Å². The van der Waals surface area contributed by atoms with E-state index >= 15 is 0 Å². The fraction of sp³-hybridized carbons (Fsp3) is 0.421. The highest BCUT2D eigenvalue weighted by Crippen LogP contribution is 2.24. The summed E-state index contributed by atoms with van der Waals surface area (Å²) in [6.45, 7) is 2.68. The summed E-state index contributed by atoms with van der Waals surface area (Å²) in [5, 5.41) is 3.09. The van der Waals surface area contributed by atoms with Gasteiger partial charge in [0.25, 0.3) is 0 Å². The first-order valence-corrected chi connectivity index (χ1v) is 10.8. The third-order valence-corrected chi connectivity index (χ3v) is 6.15. The molecule has 6 heteroatoms. The number of benzene rings is 1. The minimum absolute atomic E-state index is 0.103. The summed E-state index contributed by atoms with van der Waals surface area (Å²) in [5.74, 6) is 4.11. The van der Waals surface area contributed by atoms with E-state index in [-0.39, 0.29) is 11.9 Å². The molecule has 1 saturated heterocycles. The second-order valence-electron chi connectivity index (χ2n) is 5.90. The van der Waals surface area contributed by atoms with E-state index in [1.165, 1.54) is 4.90 Å². The molecule has 0 spiro atoms. The summed E-state index contributed by atoms with van der Waals surface area (Å²) in [4.78, 5) is 15.8. The van der Waals surface area contributed by atoms with Crippen molar-refractivity contribution in [2.24, 2.45) is 0 Å². The maximum atomic E-state index is 12.2. The Labute approximate surface area is 157 Å². The highest BCUT2D eigenvalue weighted by Gasteiger charge is 2.24. The molecule has 1 unspecified atom stereocenters. The lowest BCUT2D eigenvalue weighted by atomic mass is 10.2. The van der Waals surface area contributed by atoms with Gasteiger partial charge in [-0.05, 0) is 24.3 Å². The quantitative estimate of drug-likeness (QED) is 0.712. The van der Waals surface area contributed by atoms with Crippen LogP contribution in [-0.4, -0.2) is 47.7 Å². The molecule has 134 valence electrons. The first-order valence-electron chi connectivity index (χ1n) is 8.62. The van der Waals surface area contributed by atoms with Crippen molar-refractivity contribution in [2.45, 2.75) is 17.4 Å². The number of nitrogens with zero attached hydrogens (tertiary/aromatic N) is 1. The lowest BCUT2D eigenvalue weighted by Gasteiger charge is -2.33. The molecular formula is C19H24N2O2S2. The zero-order chi connectivity index (χ0) is 17.3. The predicted octanol–water partition coefficient (Wildman–Crippen LogP) is 3.67. The van der Waals surface area contributed by atoms with Crippen LogP contribution >= 0.6 is 23.5 Å². The molecule has 3 rings (SSSR count). The standard InChI is InChI=1S/C19H24N2O2S2/c22-19(8-12-25-16-5-2-1-3-6-16)20-15-17(18-7-4-11-23-18)21-9-13-24-14-10-21/h1-7,11,17H,8-10,12-15H2,(H,20,22). The van der Waals surface area contributed by atoms with Gasteiger partial charge in [0.1, 0.15) is 5.76 Å². The van der Waals surface area contributed by atoms with Gasteiger partial charge in [-0.1, -0.05) is 18.2 Å². The van der Waals surface area contributed by atoms with E-state index in [2.05, 4.69) is 22.3 Å². The Morgan fingerprint density at radius 1 is 1.20 bits per heavy atom. The van der Waals surface area contributed by atoms with Crippen molar-refractivity contribution in [1.82, 2.24) is 10.2 Å². The van der Waals surface area contributed by atoms with Crippen LogP contribution in [0, 0.1) is 0 Å². The summed E-state index contributed by atoms with van der Waals surface area (Å²) in [6, 6.07) is 14.2. The maximum absolute atomic E-state index is 12.2. The summed E-state index contributed by atoms with van der Waals surface area (Å²) in [5.41, 5.74) is 0. The van der Waals surface area contributed by atoms with Gasteiger partial charge < -0.3 is 9.73 Å². The number of carbonyl (C=O) groups is 1. The second-order valence-corrected chi connectivity index (χ2v) is 8.29. The second kappa shape index (κ2) is 9.94. The van der Waals surface area contributed by atoms with Crippen LogP contribution in [0.25, 0.3) is 0 Å². The van der Waals surface area contributed by atoms with E-state index in [1.807, 2.05) is 42.1 Å². The molecule has 2 heterocycles. The smallest absolute Gasteiger partial charge is 0.220 e. The van der Waals surface area contributed by atoms with Crippen molar-refractivity contribution in [3.63, 3.8) is 0 Å². The molecule has 1 atom stereocenters. The topological polar surface area (TPSA) is 45.5 Å². The first-order chi connectivity index (χ1) is 12.3. The number of thioether (sulfide) groups is 2. The van der Waals surface area contributed by atoms with E-state index in [4.69, 9.17) is 4.42 Å². The van der Waals surface area contributed by atoms with Crippen molar-refractivity contribution in [3.8, 4) is 0 Å². The van der Waals surface area contributed by atoms with Gasteiger partial charge in [0.15, 0.2) is 0 Å². The lowest BCUT2D eigenvalue weighted by Crippen LogP contribution is -2.42. The molecule has 1 amide bonds. The van der Waals surface area contributed by atoms with Crippen molar-refractivity contribution in [1.29, 1.82) is 0 Å². The molecular weight excluding hydrogens is 352 g/mol. The summed E-state index contributed by atoms with van der Waals surface area (Å²) in [6.07, 6.45) is 2.24. The predicted molar refractivity (Wildman–Crippen MR) is 105 cm³/mol. The molecule has 1 aliphatic heterocycles. The zero-order valence-electron chi connectivity index (χ0n) is 14.2. The average Bonchev–Trinajstić information content (AvgIpc) is 3.18. The number of carbonyl (C=O) groups excluding carboxylic acids is 1. The van der Waals surface area contributed by atoms with Crippen LogP contribution in [0.15, 0.2) is 58.0 Å². The van der Waals surface area contributed by atoms with Crippen molar-refractivity contribution in [2.75, 3.05) is 36.9 Å². The number of furan rings is 1. The van der Waals surface area contributed by atoms with Crippen molar-refractivity contribution < 1.29 is 9.21 Å². The molecule has 25 heavy (non-hydrogen) atoms. The zero-order valence-corrected chi connectivity index (χ0v) is 15.9. The van der Waals surface area contributed by atoms with Crippen LogP contribution in [0.2, 0.25) is 0 Å². The van der Waals surface area contributed by atoms with E-state index in [9.17, 15) is 4.79 Å². The van der Waals surface area contributed by atoms with Gasteiger partial charge in [0.05, 0.1) is 12.3 Å². The SMILES string of the molecule is O=C(CCSc1ccccc1)NCC(c1ccco1)N1CCSCC1. The molecule has 1 aromatic heterocycles. The third-order valence-electron chi connectivity index (χ3n) is 4.19. The van der Waals surface area contributed by atoms with Gasteiger partial charge in [0, 0.05) is 48.2 Å². The summed E-state index contributed by atoms with van der Waals surface area (Å²) >= 11 is 3.70. The highest BCUT2D eigenvalue weighted by atomic mass is 32.2. The molecule has 0 bridgehead atoms. The molecule has 2 aromatic rings. The molecule has 0 saturated carbocycles. The maximum Gasteiger partial charge on any atom is 0.220 e. The molecule has 0 aliphatic carbocycles. The van der Waals surface area contributed by atoms with Gasteiger partial charge in [0.2, 0.25) is 5.91 Å². The average molecular weight is 377 g/mol. The van der Waals surface area contributed by atoms with Crippen LogP contribution < -0.4 is 5.32 Å². The summed E-state index contributed by atoms with van der Waals surface area (Å²) in [7, 11) is 0. The fourth-order valence-electron chi connectivity index (χ4n) is 2.86. The number of hydrogen-bond acceptors (Lipinski definition) is 5. The van der Waals surface area contributed by atoms with Gasteiger partial charge in [-0.3, -0.25) is 9.69 Å². The van der Waals surface area contributed by atoms with Crippen LogP contribution in [-0.2, 0) is 4.79 Å². The van der Waals surface area contributed by atoms with Crippen LogP contribution in [0.1, 0.15) is 18.2 Å². The number of hydrogen-bond donors (Lipinski definition) is 1. The van der Waals surface area contributed by atoms with Gasteiger partial charge in [-0.25, -0.2) is 0 Å². The Bertz CT molecular complexity index is 628. The summed E-state index contributed by atoms with van der Waals surface area (Å²) < 4.78 is 5.62. The largest absolute Gasteiger partial charge is 0.468 e. The number of nitrogens with one attached hydrogen (secondary N) is 1. The molecule has 1 fully saturated rings. The minimum Gasteiger partial charge on any atom is -0.468 e. The van der Waals surface area contributed by atoms with Gasteiger partial charge in [-0.15, -0.1) is 11.8 Å². The van der Waals surface area contributed by atoms with Crippen LogP contribution in [0.3, 0.4) is 0 Å². The Kier molecular flexibility index (Phi) is 7.33. The lowest BCUT2D eigenvalue weighted by molar-refractivity contribution is -0.120. The number of rotatable bonds is 8. The highest BCUT2D eigenvalue weighted by molar-refractivity contribution is 7.99. The third kappa shape index (κ3) is 5.83. The van der Waals surface area contributed by atoms with Crippen molar-refractivity contribution in [3.05, 3.63) is 54.5 Å². The van der Waals surface area contributed by atoms with E-state index in [1.54, 1.807) is 18.0 Å².